The fourth-order valence-electron chi connectivity index (χ4n) is 1.53. The molecule has 0 saturated carbocycles. The van der Waals surface area contributed by atoms with Gasteiger partial charge in [0, 0.05) is 11.3 Å². The maximum absolute atomic E-state index is 13.2. The average molecular weight is 229 g/mol. The standard InChI is InChI=1S/C12H8FN3O/c1-7-2-11(16-12(17)15-7)9-3-8(6-14)4-10(13)5-9/h2-5H,1H3,(H,15,16,17). The van der Waals surface area contributed by atoms with Crippen LogP contribution in [0.1, 0.15) is 11.3 Å². The molecular weight excluding hydrogens is 221 g/mol. The van der Waals surface area contributed by atoms with E-state index in [0.29, 0.717) is 17.0 Å². The van der Waals surface area contributed by atoms with Crippen molar-refractivity contribution in [3.05, 3.63) is 51.8 Å². The molecular formula is C12H8FN3O. The molecule has 84 valence electrons. The quantitative estimate of drug-likeness (QED) is 0.809. The molecule has 0 aliphatic carbocycles. The number of aryl methyl sites for hydroxylation is 1. The molecule has 0 unspecified atom stereocenters. The number of aromatic amines is 1. The molecule has 0 amide bonds. The van der Waals surface area contributed by atoms with Gasteiger partial charge in [0.25, 0.3) is 0 Å². The Kier molecular flexibility index (Phi) is 2.71. The van der Waals surface area contributed by atoms with Gasteiger partial charge >= 0.3 is 5.69 Å². The van der Waals surface area contributed by atoms with Crippen molar-refractivity contribution in [2.45, 2.75) is 6.92 Å². The molecule has 2 rings (SSSR count). The molecule has 0 radical (unpaired) electrons. The van der Waals surface area contributed by atoms with Crippen molar-refractivity contribution in [1.82, 2.24) is 9.97 Å². The van der Waals surface area contributed by atoms with Crippen molar-refractivity contribution in [1.29, 1.82) is 5.26 Å². The Balaban J connectivity index is 2.64. The lowest BCUT2D eigenvalue weighted by Gasteiger charge is -2.02. The van der Waals surface area contributed by atoms with Crippen molar-refractivity contribution in [2.75, 3.05) is 0 Å². The zero-order valence-corrected chi connectivity index (χ0v) is 8.99. The fourth-order valence-corrected chi connectivity index (χ4v) is 1.53. The molecule has 0 bridgehead atoms. The highest BCUT2D eigenvalue weighted by atomic mass is 19.1. The van der Waals surface area contributed by atoms with Crippen molar-refractivity contribution in [3.63, 3.8) is 0 Å². The van der Waals surface area contributed by atoms with E-state index in [1.807, 2.05) is 6.07 Å². The van der Waals surface area contributed by atoms with E-state index in [-0.39, 0.29) is 5.56 Å². The number of hydrogen-bond acceptors (Lipinski definition) is 3. The van der Waals surface area contributed by atoms with Gasteiger partial charge in [-0.3, -0.25) is 0 Å². The smallest absolute Gasteiger partial charge is 0.310 e. The molecule has 17 heavy (non-hydrogen) atoms. The molecule has 0 fully saturated rings. The van der Waals surface area contributed by atoms with Crippen molar-refractivity contribution in [3.8, 4) is 17.3 Å². The normalized spacial score (nSPS) is 9.94. The Morgan fingerprint density at radius 2 is 2.12 bits per heavy atom. The highest BCUT2D eigenvalue weighted by Crippen LogP contribution is 2.19. The lowest BCUT2D eigenvalue weighted by atomic mass is 10.1. The predicted molar refractivity (Wildman–Crippen MR) is 59.7 cm³/mol. The van der Waals surface area contributed by atoms with E-state index in [2.05, 4.69) is 9.97 Å². The van der Waals surface area contributed by atoms with E-state index in [1.54, 1.807) is 13.0 Å². The van der Waals surface area contributed by atoms with Crippen LogP contribution in [0.5, 0.6) is 0 Å². The monoisotopic (exact) mass is 229 g/mol. The van der Waals surface area contributed by atoms with Gasteiger partial charge in [-0.15, -0.1) is 0 Å². The molecule has 1 aromatic carbocycles. The first kappa shape index (κ1) is 11.0. The lowest BCUT2D eigenvalue weighted by molar-refractivity contribution is 0.627. The summed E-state index contributed by atoms with van der Waals surface area (Å²) in [7, 11) is 0. The molecule has 0 aliphatic rings. The first-order valence-electron chi connectivity index (χ1n) is 4.87. The second-order valence-corrected chi connectivity index (χ2v) is 3.59. The lowest BCUT2D eigenvalue weighted by Crippen LogP contribution is -2.12. The van der Waals surface area contributed by atoms with Crippen LogP contribution in [0, 0.1) is 24.1 Å². The Morgan fingerprint density at radius 3 is 2.76 bits per heavy atom. The molecule has 1 aromatic heterocycles. The molecule has 4 nitrogen and oxygen atoms in total. The summed E-state index contributed by atoms with van der Waals surface area (Å²) in [6, 6.07) is 7.33. The van der Waals surface area contributed by atoms with Crippen LogP contribution in [0.2, 0.25) is 0 Å². The minimum Gasteiger partial charge on any atom is -0.310 e. The average Bonchev–Trinajstić information content (AvgIpc) is 2.26. The van der Waals surface area contributed by atoms with Gasteiger partial charge in [-0.2, -0.15) is 10.2 Å². The maximum Gasteiger partial charge on any atom is 0.345 e. The molecule has 0 aliphatic heterocycles. The summed E-state index contributed by atoms with van der Waals surface area (Å²) in [6.07, 6.45) is 0. The fraction of sp³-hybridized carbons (Fsp3) is 0.0833. The molecule has 1 heterocycles. The number of aromatic nitrogens is 2. The van der Waals surface area contributed by atoms with Crippen LogP contribution < -0.4 is 5.69 Å². The second-order valence-electron chi connectivity index (χ2n) is 3.59. The summed E-state index contributed by atoms with van der Waals surface area (Å²) in [5.74, 6) is -0.529. The van der Waals surface area contributed by atoms with Gasteiger partial charge in [0.15, 0.2) is 0 Å². The van der Waals surface area contributed by atoms with E-state index in [4.69, 9.17) is 5.26 Å². The first-order chi connectivity index (χ1) is 8.08. The van der Waals surface area contributed by atoms with E-state index >= 15 is 0 Å². The number of hydrogen-bond donors (Lipinski definition) is 1. The van der Waals surface area contributed by atoms with Crippen molar-refractivity contribution >= 4 is 0 Å². The molecule has 0 spiro atoms. The van der Waals surface area contributed by atoms with Crippen LogP contribution in [-0.2, 0) is 0 Å². The topological polar surface area (TPSA) is 69.5 Å². The van der Waals surface area contributed by atoms with Crippen LogP contribution in [-0.4, -0.2) is 9.97 Å². The summed E-state index contributed by atoms with van der Waals surface area (Å²) in [6.45, 7) is 1.71. The summed E-state index contributed by atoms with van der Waals surface area (Å²) in [4.78, 5) is 17.4. The maximum atomic E-state index is 13.2. The summed E-state index contributed by atoms with van der Waals surface area (Å²) >= 11 is 0. The zero-order valence-electron chi connectivity index (χ0n) is 8.99. The molecule has 0 saturated heterocycles. The van der Waals surface area contributed by atoms with Crippen LogP contribution >= 0.6 is 0 Å². The van der Waals surface area contributed by atoms with Gasteiger partial charge in [-0.05, 0) is 31.2 Å². The zero-order chi connectivity index (χ0) is 12.4. The second kappa shape index (κ2) is 4.18. The number of H-pyrrole nitrogens is 1. The number of nitrogens with one attached hydrogen (secondary N) is 1. The summed E-state index contributed by atoms with van der Waals surface area (Å²) in [5.41, 5.74) is 1.09. The summed E-state index contributed by atoms with van der Waals surface area (Å²) < 4.78 is 13.2. The molecule has 2 aromatic rings. The Hall–Kier alpha value is -2.48. The number of nitrogens with zero attached hydrogens (tertiary/aromatic N) is 2. The van der Waals surface area contributed by atoms with Gasteiger partial charge in [0.1, 0.15) is 5.82 Å². The van der Waals surface area contributed by atoms with Crippen molar-refractivity contribution < 1.29 is 4.39 Å². The molecule has 0 atom stereocenters. The van der Waals surface area contributed by atoms with Gasteiger partial charge in [-0.1, -0.05) is 0 Å². The number of halogens is 1. The summed E-state index contributed by atoms with van der Waals surface area (Å²) in [5, 5.41) is 8.74. The minimum absolute atomic E-state index is 0.194. The van der Waals surface area contributed by atoms with Crippen LogP contribution in [0.4, 0.5) is 4.39 Å². The SMILES string of the molecule is Cc1cc(-c2cc(F)cc(C#N)c2)nc(=O)[nH]1. The number of benzene rings is 1. The van der Waals surface area contributed by atoms with Crippen LogP contribution in [0.3, 0.4) is 0 Å². The van der Waals surface area contributed by atoms with E-state index < -0.39 is 11.5 Å². The third kappa shape index (κ3) is 2.37. The largest absolute Gasteiger partial charge is 0.345 e. The number of rotatable bonds is 1. The first-order valence-corrected chi connectivity index (χ1v) is 4.87. The van der Waals surface area contributed by atoms with Crippen LogP contribution in [0.15, 0.2) is 29.1 Å². The molecule has 1 N–H and O–H groups in total. The Bertz CT molecular complexity index is 670. The Morgan fingerprint density at radius 1 is 1.35 bits per heavy atom. The van der Waals surface area contributed by atoms with Gasteiger partial charge in [0.05, 0.1) is 17.3 Å². The van der Waals surface area contributed by atoms with Gasteiger partial charge in [0.2, 0.25) is 0 Å². The third-order valence-corrected chi connectivity index (χ3v) is 2.20. The highest BCUT2D eigenvalue weighted by Gasteiger charge is 2.05. The van der Waals surface area contributed by atoms with Gasteiger partial charge in [-0.25, -0.2) is 9.18 Å². The number of nitriles is 1. The van der Waals surface area contributed by atoms with E-state index in [0.717, 1.165) is 6.07 Å². The van der Waals surface area contributed by atoms with Gasteiger partial charge < -0.3 is 4.98 Å². The van der Waals surface area contributed by atoms with Crippen molar-refractivity contribution in [2.24, 2.45) is 0 Å². The van der Waals surface area contributed by atoms with E-state index in [9.17, 15) is 9.18 Å². The van der Waals surface area contributed by atoms with E-state index in [1.165, 1.54) is 12.1 Å². The minimum atomic E-state index is -0.529. The highest BCUT2D eigenvalue weighted by molar-refractivity contribution is 5.61. The van der Waals surface area contributed by atoms with Crippen LogP contribution in [0.25, 0.3) is 11.3 Å². The third-order valence-electron chi connectivity index (χ3n) is 2.20. The predicted octanol–water partition coefficient (Wildman–Crippen LogP) is 1.76. The molecule has 5 heteroatoms. The Labute approximate surface area is 96.4 Å².